The number of hydrogen-bond acceptors (Lipinski definition) is 6. The van der Waals surface area contributed by atoms with Crippen LogP contribution in [-0.4, -0.2) is 34.9 Å². The Morgan fingerprint density at radius 1 is 1.19 bits per heavy atom. The maximum Gasteiger partial charge on any atom is 0.359 e. The fraction of sp³-hybridized carbons (Fsp3) is 0.333. The molecule has 2 aromatic rings. The Morgan fingerprint density at radius 2 is 1.88 bits per heavy atom. The number of esters is 1. The van der Waals surface area contributed by atoms with E-state index in [1.165, 1.54) is 23.7 Å². The first-order valence-corrected chi connectivity index (χ1v) is 8.18. The lowest BCUT2D eigenvalue weighted by Crippen LogP contribution is -2.31. The summed E-state index contributed by atoms with van der Waals surface area (Å²) in [5.41, 5.74) is 0.226. The SMILES string of the molecule is CCCn1nc(C(=O)O[C@H](C)C(=O)Nc2ccc(OC)cc2)ccc1=O. The van der Waals surface area contributed by atoms with Crippen LogP contribution in [0.15, 0.2) is 41.2 Å². The molecule has 0 saturated carbocycles. The summed E-state index contributed by atoms with van der Waals surface area (Å²) in [6.45, 7) is 3.75. The quantitative estimate of drug-likeness (QED) is 0.758. The largest absolute Gasteiger partial charge is 0.497 e. The van der Waals surface area contributed by atoms with E-state index in [2.05, 4.69) is 10.4 Å². The highest BCUT2D eigenvalue weighted by molar-refractivity contribution is 5.96. The summed E-state index contributed by atoms with van der Waals surface area (Å²) < 4.78 is 11.4. The molecule has 8 nitrogen and oxygen atoms in total. The highest BCUT2D eigenvalue weighted by Crippen LogP contribution is 2.15. The van der Waals surface area contributed by atoms with Crippen LogP contribution >= 0.6 is 0 Å². The fourth-order valence-electron chi connectivity index (χ4n) is 2.12. The minimum Gasteiger partial charge on any atom is -0.497 e. The molecule has 0 spiro atoms. The van der Waals surface area contributed by atoms with Crippen molar-refractivity contribution in [1.29, 1.82) is 0 Å². The number of methoxy groups -OCH3 is 1. The first-order valence-electron chi connectivity index (χ1n) is 8.18. The summed E-state index contributed by atoms with van der Waals surface area (Å²) in [5.74, 6) is -0.589. The van der Waals surface area contributed by atoms with Crippen molar-refractivity contribution in [3.05, 3.63) is 52.4 Å². The van der Waals surface area contributed by atoms with E-state index in [4.69, 9.17) is 9.47 Å². The number of nitrogens with one attached hydrogen (secondary N) is 1. The molecule has 8 heteroatoms. The normalized spacial score (nSPS) is 11.5. The minimum atomic E-state index is -1.03. The molecule has 0 saturated heterocycles. The molecular weight excluding hydrogens is 338 g/mol. The molecular formula is C18H21N3O5. The van der Waals surface area contributed by atoms with Crippen molar-refractivity contribution in [3.63, 3.8) is 0 Å². The zero-order chi connectivity index (χ0) is 19.1. The van der Waals surface area contributed by atoms with Gasteiger partial charge >= 0.3 is 5.97 Å². The van der Waals surface area contributed by atoms with Crippen molar-refractivity contribution in [2.75, 3.05) is 12.4 Å². The monoisotopic (exact) mass is 359 g/mol. The molecule has 26 heavy (non-hydrogen) atoms. The maximum atomic E-state index is 12.2. The van der Waals surface area contributed by atoms with E-state index >= 15 is 0 Å². The third-order valence-electron chi connectivity index (χ3n) is 3.52. The number of nitrogens with zero attached hydrogens (tertiary/aromatic N) is 2. The van der Waals surface area contributed by atoms with Crippen LogP contribution < -0.4 is 15.6 Å². The van der Waals surface area contributed by atoms with Crippen molar-refractivity contribution < 1.29 is 19.1 Å². The first kappa shape index (κ1) is 19.2. The predicted molar refractivity (Wildman–Crippen MR) is 95.3 cm³/mol. The average molecular weight is 359 g/mol. The summed E-state index contributed by atoms with van der Waals surface area (Å²) in [6, 6.07) is 9.29. The molecule has 138 valence electrons. The molecule has 0 radical (unpaired) electrons. The Balaban J connectivity index is 2.00. The number of aryl methyl sites for hydroxylation is 1. The number of anilines is 1. The molecule has 0 unspecified atom stereocenters. The second-order valence-electron chi connectivity index (χ2n) is 5.55. The topological polar surface area (TPSA) is 99.5 Å². The average Bonchev–Trinajstić information content (AvgIpc) is 2.64. The Morgan fingerprint density at radius 3 is 2.50 bits per heavy atom. The second-order valence-corrected chi connectivity index (χ2v) is 5.55. The Bertz CT molecular complexity index is 829. The molecule has 0 aliphatic heterocycles. The van der Waals surface area contributed by atoms with E-state index in [1.54, 1.807) is 31.4 Å². The van der Waals surface area contributed by atoms with E-state index in [0.717, 1.165) is 0 Å². The van der Waals surface area contributed by atoms with Crippen molar-refractivity contribution in [3.8, 4) is 5.75 Å². The molecule has 1 aromatic carbocycles. The number of benzene rings is 1. The van der Waals surface area contributed by atoms with Gasteiger partial charge in [-0.2, -0.15) is 5.10 Å². The van der Waals surface area contributed by atoms with Crippen LogP contribution in [0.4, 0.5) is 5.69 Å². The van der Waals surface area contributed by atoms with Gasteiger partial charge < -0.3 is 14.8 Å². The molecule has 1 heterocycles. The van der Waals surface area contributed by atoms with Crippen molar-refractivity contribution >= 4 is 17.6 Å². The Labute approximate surface area is 150 Å². The van der Waals surface area contributed by atoms with Crippen molar-refractivity contribution in [2.24, 2.45) is 0 Å². The van der Waals surface area contributed by atoms with Gasteiger partial charge in [-0.3, -0.25) is 9.59 Å². The lowest BCUT2D eigenvalue weighted by atomic mass is 10.3. The van der Waals surface area contributed by atoms with Gasteiger partial charge in [-0.1, -0.05) is 6.92 Å². The third-order valence-corrected chi connectivity index (χ3v) is 3.52. The summed E-state index contributed by atoms with van der Waals surface area (Å²) in [4.78, 5) is 36.0. The number of aromatic nitrogens is 2. The Kier molecular flexibility index (Phi) is 6.48. The number of carbonyl (C=O) groups excluding carboxylic acids is 2. The van der Waals surface area contributed by atoms with Gasteiger partial charge in [0.05, 0.1) is 7.11 Å². The lowest BCUT2D eigenvalue weighted by Gasteiger charge is -2.14. The van der Waals surface area contributed by atoms with Crippen LogP contribution in [0.25, 0.3) is 0 Å². The van der Waals surface area contributed by atoms with Gasteiger partial charge in [-0.05, 0) is 43.7 Å². The summed E-state index contributed by atoms with van der Waals surface area (Å²) in [7, 11) is 1.55. The molecule has 1 atom stereocenters. The Hall–Kier alpha value is -3.16. The van der Waals surface area contributed by atoms with Crippen LogP contribution in [0, 0.1) is 0 Å². The fourth-order valence-corrected chi connectivity index (χ4v) is 2.12. The zero-order valence-corrected chi connectivity index (χ0v) is 14.9. The second kappa shape index (κ2) is 8.80. The zero-order valence-electron chi connectivity index (χ0n) is 14.9. The van der Waals surface area contributed by atoms with Gasteiger partial charge in [0.2, 0.25) is 0 Å². The lowest BCUT2D eigenvalue weighted by molar-refractivity contribution is -0.123. The van der Waals surface area contributed by atoms with Crippen LogP contribution in [0.5, 0.6) is 5.75 Å². The van der Waals surface area contributed by atoms with E-state index in [0.29, 0.717) is 24.4 Å². The number of rotatable bonds is 7. The maximum absolute atomic E-state index is 12.2. The number of amides is 1. The highest BCUT2D eigenvalue weighted by atomic mass is 16.5. The van der Waals surface area contributed by atoms with E-state index in [-0.39, 0.29) is 11.3 Å². The molecule has 1 N–H and O–H groups in total. The van der Waals surface area contributed by atoms with Gasteiger partial charge in [-0.25, -0.2) is 9.48 Å². The summed E-state index contributed by atoms with van der Waals surface area (Å²) in [5, 5.41) is 6.60. The molecule has 0 bridgehead atoms. The summed E-state index contributed by atoms with van der Waals surface area (Å²) in [6.07, 6.45) is -0.329. The van der Waals surface area contributed by atoms with Gasteiger partial charge in [0.15, 0.2) is 11.8 Å². The van der Waals surface area contributed by atoms with E-state index in [9.17, 15) is 14.4 Å². The molecule has 0 aliphatic rings. The van der Waals surface area contributed by atoms with E-state index in [1.807, 2.05) is 6.92 Å². The van der Waals surface area contributed by atoms with Crippen LogP contribution in [0.3, 0.4) is 0 Å². The van der Waals surface area contributed by atoms with Crippen molar-refractivity contribution in [1.82, 2.24) is 9.78 Å². The molecule has 0 fully saturated rings. The highest BCUT2D eigenvalue weighted by Gasteiger charge is 2.20. The molecule has 0 aliphatic carbocycles. The molecule has 2 rings (SSSR count). The van der Waals surface area contributed by atoms with Crippen LogP contribution in [0.1, 0.15) is 30.8 Å². The number of carbonyl (C=O) groups is 2. The van der Waals surface area contributed by atoms with Gasteiger partial charge in [0.25, 0.3) is 11.5 Å². The van der Waals surface area contributed by atoms with Gasteiger partial charge in [0, 0.05) is 18.3 Å². The van der Waals surface area contributed by atoms with Gasteiger partial charge in [-0.15, -0.1) is 0 Å². The molecule has 1 amide bonds. The smallest absolute Gasteiger partial charge is 0.359 e. The van der Waals surface area contributed by atoms with Crippen LogP contribution in [-0.2, 0) is 16.1 Å². The standard InChI is InChI=1S/C18H21N3O5/c1-4-11-21-16(22)10-9-15(20-21)18(24)26-12(2)17(23)19-13-5-7-14(25-3)8-6-13/h5-10,12H,4,11H2,1-3H3,(H,19,23)/t12-/m1/s1. The van der Waals surface area contributed by atoms with Gasteiger partial charge in [0.1, 0.15) is 5.75 Å². The predicted octanol–water partition coefficient (Wildman–Crippen LogP) is 1.85. The third kappa shape index (κ3) is 4.92. The first-order chi connectivity index (χ1) is 12.4. The number of ether oxygens (including phenoxy) is 2. The minimum absolute atomic E-state index is 0.0258. The number of hydrogen-bond donors (Lipinski definition) is 1. The molecule has 1 aromatic heterocycles. The van der Waals surface area contributed by atoms with Crippen LogP contribution in [0.2, 0.25) is 0 Å². The van der Waals surface area contributed by atoms with E-state index < -0.39 is 18.0 Å². The van der Waals surface area contributed by atoms with Crippen molar-refractivity contribution in [2.45, 2.75) is 32.9 Å². The summed E-state index contributed by atoms with van der Waals surface area (Å²) >= 11 is 0.